The molecule has 0 bridgehead atoms. The van der Waals surface area contributed by atoms with Crippen LogP contribution in [0.5, 0.6) is 0 Å². The lowest BCUT2D eigenvalue weighted by atomic mass is 10.00. The summed E-state index contributed by atoms with van der Waals surface area (Å²) in [6, 6.07) is 8.38. The standard InChI is InChI=1S/C12H16O/c1-4-11-6-5-7-12(8-11)10(2)9-13-3/h4-8,10H,1,9H2,2-3H3. The first kappa shape index (κ1) is 10.0. The molecule has 0 aliphatic rings. The van der Waals surface area contributed by atoms with Crippen molar-refractivity contribution in [3.8, 4) is 0 Å². The van der Waals surface area contributed by atoms with Gasteiger partial charge in [-0.25, -0.2) is 0 Å². The summed E-state index contributed by atoms with van der Waals surface area (Å²) in [5, 5.41) is 0. The van der Waals surface area contributed by atoms with E-state index in [4.69, 9.17) is 4.74 Å². The third-order valence-electron chi connectivity index (χ3n) is 2.13. The fourth-order valence-corrected chi connectivity index (χ4v) is 1.34. The molecule has 0 saturated heterocycles. The molecule has 0 aromatic heterocycles. The highest BCUT2D eigenvalue weighted by atomic mass is 16.5. The smallest absolute Gasteiger partial charge is 0.0528 e. The summed E-state index contributed by atoms with van der Waals surface area (Å²) in [7, 11) is 1.73. The normalized spacial score (nSPS) is 12.5. The van der Waals surface area contributed by atoms with Gasteiger partial charge in [0.1, 0.15) is 0 Å². The molecule has 0 radical (unpaired) electrons. The Morgan fingerprint density at radius 3 is 2.92 bits per heavy atom. The van der Waals surface area contributed by atoms with Crippen LogP contribution in [0.4, 0.5) is 0 Å². The zero-order valence-electron chi connectivity index (χ0n) is 8.29. The number of hydrogen-bond acceptors (Lipinski definition) is 1. The summed E-state index contributed by atoms with van der Waals surface area (Å²) in [5.74, 6) is 0.449. The highest BCUT2D eigenvalue weighted by Crippen LogP contribution is 2.17. The lowest BCUT2D eigenvalue weighted by molar-refractivity contribution is 0.184. The molecule has 1 nitrogen and oxygen atoms in total. The van der Waals surface area contributed by atoms with Gasteiger partial charge >= 0.3 is 0 Å². The van der Waals surface area contributed by atoms with Gasteiger partial charge in [0.2, 0.25) is 0 Å². The van der Waals surface area contributed by atoms with Crippen molar-refractivity contribution < 1.29 is 4.74 Å². The molecule has 0 spiro atoms. The molecule has 1 atom stereocenters. The first-order valence-corrected chi connectivity index (χ1v) is 4.49. The van der Waals surface area contributed by atoms with Crippen molar-refractivity contribution in [1.82, 2.24) is 0 Å². The van der Waals surface area contributed by atoms with Crippen molar-refractivity contribution in [1.29, 1.82) is 0 Å². The molecular formula is C12H16O. The minimum atomic E-state index is 0.449. The van der Waals surface area contributed by atoms with Crippen LogP contribution in [0.3, 0.4) is 0 Å². The monoisotopic (exact) mass is 176 g/mol. The quantitative estimate of drug-likeness (QED) is 0.685. The van der Waals surface area contributed by atoms with Gasteiger partial charge in [-0.3, -0.25) is 0 Å². The minimum absolute atomic E-state index is 0.449. The Morgan fingerprint density at radius 1 is 1.54 bits per heavy atom. The van der Waals surface area contributed by atoms with Crippen LogP contribution in [0.2, 0.25) is 0 Å². The van der Waals surface area contributed by atoms with Crippen molar-refractivity contribution in [3.05, 3.63) is 42.0 Å². The van der Waals surface area contributed by atoms with Crippen molar-refractivity contribution in [2.45, 2.75) is 12.8 Å². The molecule has 70 valence electrons. The second-order valence-electron chi connectivity index (χ2n) is 3.23. The van der Waals surface area contributed by atoms with Crippen LogP contribution in [0, 0.1) is 0 Å². The molecule has 0 heterocycles. The molecule has 1 heteroatoms. The summed E-state index contributed by atoms with van der Waals surface area (Å²) in [6.07, 6.45) is 1.86. The van der Waals surface area contributed by atoms with Gasteiger partial charge in [-0.05, 0) is 11.1 Å². The average Bonchev–Trinajstić information content (AvgIpc) is 2.18. The van der Waals surface area contributed by atoms with Gasteiger partial charge in [-0.2, -0.15) is 0 Å². The third kappa shape index (κ3) is 2.71. The SMILES string of the molecule is C=Cc1cccc(C(C)COC)c1. The highest BCUT2D eigenvalue weighted by Gasteiger charge is 2.03. The van der Waals surface area contributed by atoms with E-state index in [9.17, 15) is 0 Å². The summed E-state index contributed by atoms with van der Waals surface area (Å²) in [4.78, 5) is 0. The van der Waals surface area contributed by atoms with Crippen LogP contribution in [0.15, 0.2) is 30.8 Å². The van der Waals surface area contributed by atoms with E-state index < -0.39 is 0 Å². The van der Waals surface area contributed by atoms with Gasteiger partial charge < -0.3 is 4.74 Å². The molecule has 0 aliphatic heterocycles. The Bertz CT molecular complexity index is 278. The van der Waals surface area contributed by atoms with E-state index in [0.717, 1.165) is 6.61 Å². The predicted octanol–water partition coefficient (Wildman–Crippen LogP) is 3.08. The van der Waals surface area contributed by atoms with Crippen molar-refractivity contribution in [2.24, 2.45) is 0 Å². The fraction of sp³-hybridized carbons (Fsp3) is 0.333. The molecule has 0 aliphatic carbocycles. The van der Waals surface area contributed by atoms with Gasteiger partial charge in [0.25, 0.3) is 0 Å². The van der Waals surface area contributed by atoms with Crippen molar-refractivity contribution in [3.63, 3.8) is 0 Å². The topological polar surface area (TPSA) is 9.23 Å². The maximum absolute atomic E-state index is 5.11. The Kier molecular flexibility index (Phi) is 3.71. The van der Waals surface area contributed by atoms with E-state index in [2.05, 4.69) is 37.8 Å². The van der Waals surface area contributed by atoms with E-state index in [0.29, 0.717) is 5.92 Å². The Labute approximate surface area is 80.0 Å². The van der Waals surface area contributed by atoms with E-state index >= 15 is 0 Å². The molecule has 1 rings (SSSR count). The maximum atomic E-state index is 5.11. The van der Waals surface area contributed by atoms with Gasteiger partial charge in [-0.1, -0.05) is 43.8 Å². The number of ether oxygens (including phenoxy) is 1. The average molecular weight is 176 g/mol. The molecule has 1 aromatic rings. The van der Waals surface area contributed by atoms with Crippen LogP contribution >= 0.6 is 0 Å². The molecule has 1 unspecified atom stereocenters. The Morgan fingerprint density at radius 2 is 2.31 bits per heavy atom. The first-order valence-electron chi connectivity index (χ1n) is 4.49. The molecule has 1 aromatic carbocycles. The zero-order chi connectivity index (χ0) is 9.68. The van der Waals surface area contributed by atoms with Crippen LogP contribution in [0.1, 0.15) is 24.0 Å². The van der Waals surface area contributed by atoms with Crippen LogP contribution < -0.4 is 0 Å². The molecule has 13 heavy (non-hydrogen) atoms. The number of methoxy groups -OCH3 is 1. The molecule has 0 amide bonds. The van der Waals surface area contributed by atoms with Crippen LogP contribution in [-0.4, -0.2) is 13.7 Å². The Balaban J connectivity index is 2.81. The number of rotatable bonds is 4. The van der Waals surface area contributed by atoms with E-state index in [-0.39, 0.29) is 0 Å². The summed E-state index contributed by atoms with van der Waals surface area (Å²) >= 11 is 0. The van der Waals surface area contributed by atoms with Gasteiger partial charge in [0.05, 0.1) is 6.61 Å². The number of hydrogen-bond donors (Lipinski definition) is 0. The predicted molar refractivity (Wildman–Crippen MR) is 56.8 cm³/mol. The van der Waals surface area contributed by atoms with Crippen molar-refractivity contribution >= 4 is 6.08 Å². The molecule has 0 fully saturated rings. The molecular weight excluding hydrogens is 160 g/mol. The second kappa shape index (κ2) is 4.83. The van der Waals surface area contributed by atoms with Crippen LogP contribution in [0.25, 0.3) is 6.08 Å². The van der Waals surface area contributed by atoms with Crippen LogP contribution in [-0.2, 0) is 4.74 Å². The zero-order valence-corrected chi connectivity index (χ0v) is 8.29. The largest absolute Gasteiger partial charge is 0.384 e. The first-order chi connectivity index (χ1) is 6.27. The summed E-state index contributed by atoms with van der Waals surface area (Å²) < 4.78 is 5.11. The van der Waals surface area contributed by atoms with E-state index in [1.54, 1.807) is 7.11 Å². The Hall–Kier alpha value is -1.08. The fourth-order valence-electron chi connectivity index (χ4n) is 1.34. The van der Waals surface area contributed by atoms with Gasteiger partial charge in [-0.15, -0.1) is 0 Å². The third-order valence-corrected chi connectivity index (χ3v) is 2.13. The lowest BCUT2D eigenvalue weighted by Gasteiger charge is -2.10. The van der Waals surface area contributed by atoms with E-state index in [1.807, 2.05) is 6.08 Å². The second-order valence-corrected chi connectivity index (χ2v) is 3.23. The van der Waals surface area contributed by atoms with E-state index in [1.165, 1.54) is 11.1 Å². The number of benzene rings is 1. The summed E-state index contributed by atoms with van der Waals surface area (Å²) in [6.45, 7) is 6.67. The van der Waals surface area contributed by atoms with Gasteiger partial charge in [0, 0.05) is 13.0 Å². The molecule has 0 saturated carbocycles. The highest BCUT2D eigenvalue weighted by molar-refractivity contribution is 5.48. The maximum Gasteiger partial charge on any atom is 0.0528 e. The lowest BCUT2D eigenvalue weighted by Crippen LogP contribution is -2.01. The van der Waals surface area contributed by atoms with Crippen molar-refractivity contribution in [2.75, 3.05) is 13.7 Å². The molecule has 0 N–H and O–H groups in total. The summed E-state index contributed by atoms with van der Waals surface area (Å²) in [5.41, 5.74) is 2.47. The minimum Gasteiger partial charge on any atom is -0.384 e. The van der Waals surface area contributed by atoms with Gasteiger partial charge in [0.15, 0.2) is 0 Å².